The summed E-state index contributed by atoms with van der Waals surface area (Å²) in [6, 6.07) is 10.4. The van der Waals surface area contributed by atoms with Crippen LogP contribution in [0.2, 0.25) is 0 Å². The molecule has 2 aromatic carbocycles. The number of benzene rings is 2. The number of nitrogens with zero attached hydrogens (tertiary/aromatic N) is 2. The van der Waals surface area contributed by atoms with Gasteiger partial charge in [0.2, 0.25) is 0 Å². The third-order valence-corrected chi connectivity index (χ3v) is 3.15. The Morgan fingerprint density at radius 3 is 2.46 bits per heavy atom. The number of carbonyl (C=O) groups excluding carboxylic acids is 1. The first-order chi connectivity index (χ1) is 11.5. The Morgan fingerprint density at radius 1 is 1.17 bits per heavy atom. The van der Waals surface area contributed by atoms with Gasteiger partial charge in [-0.3, -0.25) is 14.9 Å². The van der Waals surface area contributed by atoms with Crippen LogP contribution in [-0.2, 0) is 0 Å². The Labute approximate surface area is 137 Å². The standard InChI is InChI=1S/C16H15N3O5/c1-23-14-7-8-15(24-2)12(9-14)10-17-18-16(20)11-3-5-13(6-4-11)19(21)22/h3-10H,1-2H3,(H,18,20)/b17-10-. The Hall–Kier alpha value is -3.42. The zero-order chi connectivity index (χ0) is 17.5. The minimum Gasteiger partial charge on any atom is -0.497 e. The molecule has 8 heteroatoms. The van der Waals surface area contributed by atoms with Crippen molar-refractivity contribution in [2.24, 2.45) is 5.10 Å². The van der Waals surface area contributed by atoms with Gasteiger partial charge in [-0.15, -0.1) is 0 Å². The topological polar surface area (TPSA) is 103 Å². The predicted octanol–water partition coefficient (Wildman–Crippen LogP) is 2.38. The van der Waals surface area contributed by atoms with Gasteiger partial charge in [0.1, 0.15) is 11.5 Å². The molecule has 0 aromatic heterocycles. The molecule has 0 saturated heterocycles. The first kappa shape index (κ1) is 16.9. The summed E-state index contributed by atoms with van der Waals surface area (Å²) in [5, 5.41) is 14.4. The molecule has 1 amide bonds. The average Bonchev–Trinajstić information content (AvgIpc) is 2.61. The van der Waals surface area contributed by atoms with E-state index in [2.05, 4.69) is 10.5 Å². The minimum absolute atomic E-state index is 0.0869. The lowest BCUT2D eigenvalue weighted by molar-refractivity contribution is -0.384. The van der Waals surface area contributed by atoms with Crippen LogP contribution in [0.25, 0.3) is 0 Å². The van der Waals surface area contributed by atoms with E-state index in [0.29, 0.717) is 17.1 Å². The van der Waals surface area contributed by atoms with Gasteiger partial charge in [-0.05, 0) is 30.3 Å². The number of rotatable bonds is 6. The van der Waals surface area contributed by atoms with Gasteiger partial charge < -0.3 is 9.47 Å². The maximum atomic E-state index is 11.9. The Kier molecular flexibility index (Phi) is 5.45. The highest BCUT2D eigenvalue weighted by molar-refractivity contribution is 5.95. The van der Waals surface area contributed by atoms with Crippen molar-refractivity contribution in [3.8, 4) is 11.5 Å². The van der Waals surface area contributed by atoms with Crippen molar-refractivity contribution in [3.05, 3.63) is 63.7 Å². The molecule has 0 aliphatic rings. The number of hydrazone groups is 1. The van der Waals surface area contributed by atoms with E-state index in [1.165, 1.54) is 37.6 Å². The van der Waals surface area contributed by atoms with E-state index in [0.717, 1.165) is 0 Å². The molecule has 0 aliphatic carbocycles. The molecule has 0 unspecified atom stereocenters. The van der Waals surface area contributed by atoms with Crippen molar-refractivity contribution in [2.45, 2.75) is 0 Å². The fraction of sp³-hybridized carbons (Fsp3) is 0.125. The lowest BCUT2D eigenvalue weighted by Crippen LogP contribution is -2.17. The third kappa shape index (κ3) is 4.07. The van der Waals surface area contributed by atoms with Gasteiger partial charge in [-0.25, -0.2) is 5.43 Å². The molecule has 0 aliphatic heterocycles. The summed E-state index contributed by atoms with van der Waals surface area (Å²) in [5.74, 6) is 0.714. The highest BCUT2D eigenvalue weighted by atomic mass is 16.6. The number of nitro groups is 1. The van der Waals surface area contributed by atoms with Crippen LogP contribution >= 0.6 is 0 Å². The van der Waals surface area contributed by atoms with Crippen LogP contribution in [0.1, 0.15) is 15.9 Å². The third-order valence-electron chi connectivity index (χ3n) is 3.15. The molecule has 0 saturated carbocycles. The van der Waals surface area contributed by atoms with Gasteiger partial charge in [0, 0.05) is 23.3 Å². The maximum Gasteiger partial charge on any atom is 0.271 e. The van der Waals surface area contributed by atoms with Crippen molar-refractivity contribution >= 4 is 17.8 Å². The number of hydrogen-bond acceptors (Lipinski definition) is 6. The second-order valence-electron chi connectivity index (χ2n) is 4.61. The minimum atomic E-state index is -0.533. The van der Waals surface area contributed by atoms with E-state index in [9.17, 15) is 14.9 Å². The number of ether oxygens (including phenoxy) is 2. The number of amides is 1. The fourth-order valence-corrected chi connectivity index (χ4v) is 1.90. The molecule has 8 nitrogen and oxygen atoms in total. The fourth-order valence-electron chi connectivity index (χ4n) is 1.90. The van der Waals surface area contributed by atoms with Crippen molar-refractivity contribution in [1.82, 2.24) is 5.43 Å². The van der Waals surface area contributed by atoms with Gasteiger partial charge in [-0.2, -0.15) is 5.10 Å². The number of nitro benzene ring substituents is 1. The van der Waals surface area contributed by atoms with Crippen molar-refractivity contribution in [1.29, 1.82) is 0 Å². The Morgan fingerprint density at radius 2 is 1.88 bits per heavy atom. The van der Waals surface area contributed by atoms with Crippen molar-refractivity contribution in [2.75, 3.05) is 14.2 Å². The van der Waals surface area contributed by atoms with Gasteiger partial charge in [0.05, 0.1) is 25.4 Å². The van der Waals surface area contributed by atoms with Crippen LogP contribution in [-0.4, -0.2) is 31.3 Å². The molecule has 0 heterocycles. The van der Waals surface area contributed by atoms with Gasteiger partial charge in [0.15, 0.2) is 0 Å². The largest absolute Gasteiger partial charge is 0.497 e. The first-order valence-electron chi connectivity index (χ1n) is 6.85. The van der Waals surface area contributed by atoms with E-state index < -0.39 is 10.8 Å². The SMILES string of the molecule is COc1ccc(OC)c(/C=N\NC(=O)c2ccc([N+](=O)[O-])cc2)c1. The normalized spacial score (nSPS) is 10.4. The van der Waals surface area contributed by atoms with Crippen LogP contribution in [0.15, 0.2) is 47.6 Å². The van der Waals surface area contributed by atoms with Gasteiger partial charge >= 0.3 is 0 Å². The van der Waals surface area contributed by atoms with Crippen LogP contribution in [0, 0.1) is 10.1 Å². The Balaban J connectivity index is 2.08. The number of methoxy groups -OCH3 is 2. The molecule has 1 N–H and O–H groups in total. The smallest absolute Gasteiger partial charge is 0.271 e. The van der Waals surface area contributed by atoms with Crippen molar-refractivity contribution < 1.29 is 19.2 Å². The van der Waals surface area contributed by atoms with Gasteiger partial charge in [0.25, 0.3) is 11.6 Å². The lowest BCUT2D eigenvalue weighted by atomic mass is 10.2. The second-order valence-corrected chi connectivity index (χ2v) is 4.61. The van der Waals surface area contributed by atoms with Crippen molar-refractivity contribution in [3.63, 3.8) is 0 Å². The van der Waals surface area contributed by atoms with E-state index >= 15 is 0 Å². The molecule has 0 spiro atoms. The highest BCUT2D eigenvalue weighted by Gasteiger charge is 2.09. The van der Waals surface area contributed by atoms with E-state index in [-0.39, 0.29) is 11.3 Å². The summed E-state index contributed by atoms with van der Waals surface area (Å²) in [7, 11) is 3.06. The van der Waals surface area contributed by atoms with Crippen LogP contribution in [0.4, 0.5) is 5.69 Å². The Bertz CT molecular complexity index is 772. The second kappa shape index (κ2) is 7.73. The zero-order valence-electron chi connectivity index (χ0n) is 13.1. The first-order valence-corrected chi connectivity index (χ1v) is 6.85. The number of carbonyl (C=O) groups is 1. The number of non-ortho nitro benzene ring substituents is 1. The molecular formula is C16H15N3O5. The summed E-state index contributed by atoms with van der Waals surface area (Å²) >= 11 is 0. The monoisotopic (exact) mass is 329 g/mol. The van der Waals surface area contributed by atoms with Crippen LogP contribution < -0.4 is 14.9 Å². The summed E-state index contributed by atoms with van der Waals surface area (Å²) in [6.45, 7) is 0. The van der Waals surface area contributed by atoms with E-state index in [1.807, 2.05) is 0 Å². The van der Waals surface area contributed by atoms with E-state index in [1.54, 1.807) is 25.3 Å². The zero-order valence-corrected chi connectivity index (χ0v) is 13.1. The molecule has 2 rings (SSSR count). The molecular weight excluding hydrogens is 314 g/mol. The molecule has 0 radical (unpaired) electrons. The maximum absolute atomic E-state index is 11.9. The van der Waals surface area contributed by atoms with Gasteiger partial charge in [-0.1, -0.05) is 0 Å². The van der Waals surface area contributed by atoms with Crippen LogP contribution in [0.3, 0.4) is 0 Å². The van der Waals surface area contributed by atoms with E-state index in [4.69, 9.17) is 9.47 Å². The molecule has 0 fully saturated rings. The predicted molar refractivity (Wildman–Crippen MR) is 87.7 cm³/mol. The molecule has 0 atom stereocenters. The van der Waals surface area contributed by atoms with Crippen LogP contribution in [0.5, 0.6) is 11.5 Å². The molecule has 24 heavy (non-hydrogen) atoms. The summed E-state index contributed by atoms with van der Waals surface area (Å²) in [5.41, 5.74) is 3.15. The lowest BCUT2D eigenvalue weighted by Gasteiger charge is -2.06. The molecule has 0 bridgehead atoms. The molecule has 2 aromatic rings. The summed E-state index contributed by atoms with van der Waals surface area (Å²) in [6.07, 6.45) is 1.42. The summed E-state index contributed by atoms with van der Waals surface area (Å²) in [4.78, 5) is 22.0. The summed E-state index contributed by atoms with van der Waals surface area (Å²) < 4.78 is 10.3. The average molecular weight is 329 g/mol. The molecule has 124 valence electrons. The highest BCUT2D eigenvalue weighted by Crippen LogP contribution is 2.22. The quantitative estimate of drug-likeness (QED) is 0.498. The number of nitrogens with one attached hydrogen (secondary N) is 1. The number of hydrogen-bond donors (Lipinski definition) is 1.